The zero-order valence-corrected chi connectivity index (χ0v) is 9.18. The summed E-state index contributed by atoms with van der Waals surface area (Å²) in [4.78, 5) is 0. The van der Waals surface area contributed by atoms with Crippen LogP contribution in [0.1, 0.15) is 39.5 Å². The van der Waals surface area contributed by atoms with Gasteiger partial charge in [0, 0.05) is 13.2 Å². The van der Waals surface area contributed by atoms with Crippen LogP contribution in [0.5, 0.6) is 0 Å². The molecule has 0 bridgehead atoms. The Bertz CT molecular complexity index is 61.1. The minimum Gasteiger partial charge on any atom is -0.533 e. The Morgan fingerprint density at radius 1 is 0.909 bits per heavy atom. The number of unbranched alkanes of at least 4 members (excludes halogenated alkanes) is 2. The van der Waals surface area contributed by atoms with E-state index in [9.17, 15) is 0 Å². The van der Waals surface area contributed by atoms with Crippen LogP contribution in [0.25, 0.3) is 0 Å². The monoisotopic (exact) mass is 170 g/mol. The van der Waals surface area contributed by atoms with Crippen LogP contribution in [0, 0.1) is 0 Å². The van der Waals surface area contributed by atoms with Gasteiger partial charge in [0.2, 0.25) is 0 Å². The fourth-order valence-corrected chi connectivity index (χ4v) is 1.43. The molecule has 0 aromatic heterocycles. The summed E-state index contributed by atoms with van der Waals surface area (Å²) >= 11 is -0.629. The van der Waals surface area contributed by atoms with Gasteiger partial charge in [0.25, 0.3) is 0 Å². The van der Waals surface area contributed by atoms with Crippen LogP contribution in [-0.2, 0) is 6.34 Å². The van der Waals surface area contributed by atoms with Gasteiger partial charge < -0.3 is 6.34 Å². The van der Waals surface area contributed by atoms with E-state index in [1.54, 1.807) is 0 Å². The summed E-state index contributed by atoms with van der Waals surface area (Å²) < 4.78 is 10.7. The van der Waals surface area contributed by atoms with E-state index in [1.807, 2.05) is 0 Å². The van der Waals surface area contributed by atoms with Crippen LogP contribution in [0.3, 0.4) is 0 Å². The van der Waals surface area contributed by atoms with Crippen LogP contribution in [0.4, 0.5) is 0 Å². The quantitative estimate of drug-likeness (QED) is 0.411. The third kappa shape index (κ3) is 10.7. The second kappa shape index (κ2) is 10.7. The van der Waals surface area contributed by atoms with Crippen LogP contribution in [-0.4, -0.2) is 34.4 Å². The van der Waals surface area contributed by atoms with Crippen molar-refractivity contribution >= 4 is 21.2 Å². The van der Waals surface area contributed by atoms with E-state index in [0.717, 1.165) is 13.2 Å². The molecule has 0 radical (unpaired) electrons. The Balaban J connectivity index is 2.69. The molecule has 0 unspecified atom stereocenters. The van der Waals surface area contributed by atoms with Gasteiger partial charge in [-0.05, 0) is 12.8 Å². The van der Waals surface area contributed by atoms with Crippen molar-refractivity contribution in [2.45, 2.75) is 39.5 Å². The van der Waals surface area contributed by atoms with E-state index < -0.39 is 21.2 Å². The molecule has 0 aromatic rings. The lowest BCUT2D eigenvalue weighted by atomic mass is 10.4. The smallest absolute Gasteiger partial charge is 0.533 e. The molecule has 0 atom stereocenters. The Morgan fingerprint density at radius 2 is 1.36 bits per heavy atom. The molecule has 0 saturated carbocycles. The summed E-state index contributed by atoms with van der Waals surface area (Å²) in [5, 5.41) is 0. The lowest BCUT2D eigenvalue weighted by Gasteiger charge is -2.03. The maximum atomic E-state index is 5.34. The topological polar surface area (TPSA) is 18.5 Å². The van der Waals surface area contributed by atoms with Gasteiger partial charge >= 0.3 is 21.2 Å². The molecule has 11 heavy (non-hydrogen) atoms. The van der Waals surface area contributed by atoms with Crippen LogP contribution in [0.15, 0.2) is 0 Å². The molecule has 0 heterocycles. The average molecular weight is 171 g/mol. The SMILES string of the molecule is CCCC[O][Mg][O]CCCC. The van der Waals surface area contributed by atoms with Crippen LogP contribution in [0.2, 0.25) is 0 Å². The molecular formula is C8H18MgO2. The third-order valence-corrected chi connectivity index (χ3v) is 2.36. The van der Waals surface area contributed by atoms with Crippen molar-refractivity contribution in [3.05, 3.63) is 0 Å². The Hall–Kier alpha value is 0.686. The van der Waals surface area contributed by atoms with Crippen molar-refractivity contribution < 1.29 is 6.34 Å². The predicted molar refractivity (Wildman–Crippen MR) is 47.5 cm³/mol. The number of rotatable bonds is 8. The Kier molecular flexibility index (Phi) is 11.4. The molecular weight excluding hydrogens is 152 g/mol. The molecule has 2 nitrogen and oxygen atoms in total. The lowest BCUT2D eigenvalue weighted by Crippen LogP contribution is -2.06. The van der Waals surface area contributed by atoms with Gasteiger partial charge in [-0.2, -0.15) is 0 Å². The molecule has 0 aliphatic rings. The fourth-order valence-electron chi connectivity index (χ4n) is 0.670. The molecule has 0 spiro atoms. The van der Waals surface area contributed by atoms with Crippen LogP contribution >= 0.6 is 0 Å². The normalized spacial score (nSPS) is 9.64. The summed E-state index contributed by atoms with van der Waals surface area (Å²) in [6.45, 7) is 6.13. The highest BCUT2D eigenvalue weighted by molar-refractivity contribution is 6.17. The van der Waals surface area contributed by atoms with E-state index in [2.05, 4.69) is 13.8 Å². The lowest BCUT2D eigenvalue weighted by molar-refractivity contribution is 0.216. The van der Waals surface area contributed by atoms with Gasteiger partial charge in [-0.1, -0.05) is 26.7 Å². The first-order valence-corrected chi connectivity index (χ1v) is 5.72. The minimum absolute atomic E-state index is 0.629. The van der Waals surface area contributed by atoms with Crippen LogP contribution < -0.4 is 0 Å². The van der Waals surface area contributed by atoms with E-state index in [1.165, 1.54) is 25.7 Å². The Labute approximate surface area is 80.4 Å². The summed E-state index contributed by atoms with van der Waals surface area (Å²) in [5.41, 5.74) is 0. The van der Waals surface area contributed by atoms with E-state index in [4.69, 9.17) is 6.34 Å². The summed E-state index contributed by atoms with van der Waals surface area (Å²) in [5.74, 6) is 0. The predicted octanol–water partition coefficient (Wildman–Crippen LogP) is 2.15. The highest BCUT2D eigenvalue weighted by Crippen LogP contribution is 1.89. The molecule has 0 aromatic carbocycles. The largest absolute Gasteiger partial charge is 0.793 e. The van der Waals surface area contributed by atoms with Gasteiger partial charge in [-0.15, -0.1) is 0 Å². The first kappa shape index (κ1) is 11.7. The Morgan fingerprint density at radius 3 is 1.73 bits per heavy atom. The number of hydrogen-bond donors (Lipinski definition) is 0. The average Bonchev–Trinajstić information content (AvgIpc) is 2.03. The molecule has 0 fully saturated rings. The zero-order chi connectivity index (χ0) is 8.36. The van der Waals surface area contributed by atoms with Crippen molar-refractivity contribution in [3.63, 3.8) is 0 Å². The van der Waals surface area contributed by atoms with Gasteiger partial charge in [0.15, 0.2) is 0 Å². The first-order chi connectivity index (χ1) is 5.41. The van der Waals surface area contributed by atoms with Gasteiger partial charge in [0.05, 0.1) is 0 Å². The van der Waals surface area contributed by atoms with Crippen molar-refractivity contribution in [1.29, 1.82) is 0 Å². The van der Waals surface area contributed by atoms with E-state index in [0.29, 0.717) is 0 Å². The summed E-state index contributed by atoms with van der Waals surface area (Å²) in [6.07, 6.45) is 4.76. The van der Waals surface area contributed by atoms with Crippen molar-refractivity contribution in [2.75, 3.05) is 13.2 Å². The summed E-state index contributed by atoms with van der Waals surface area (Å²) in [7, 11) is 0. The van der Waals surface area contributed by atoms with Gasteiger partial charge in [0.1, 0.15) is 0 Å². The molecule has 3 heteroatoms. The molecule has 0 N–H and O–H groups in total. The third-order valence-electron chi connectivity index (χ3n) is 1.45. The second-order valence-electron chi connectivity index (χ2n) is 2.64. The maximum Gasteiger partial charge on any atom is 0.793 e. The number of hydrogen-bond acceptors (Lipinski definition) is 2. The van der Waals surface area contributed by atoms with Gasteiger partial charge in [-0.25, -0.2) is 0 Å². The summed E-state index contributed by atoms with van der Waals surface area (Å²) in [6, 6.07) is 0. The van der Waals surface area contributed by atoms with Crippen molar-refractivity contribution in [1.82, 2.24) is 0 Å². The zero-order valence-electron chi connectivity index (χ0n) is 7.77. The molecule has 0 aliphatic heterocycles. The van der Waals surface area contributed by atoms with Crippen molar-refractivity contribution in [2.24, 2.45) is 0 Å². The fraction of sp³-hybridized carbons (Fsp3) is 1.00. The van der Waals surface area contributed by atoms with E-state index in [-0.39, 0.29) is 0 Å². The molecule has 64 valence electrons. The highest BCUT2D eigenvalue weighted by Gasteiger charge is 1.98. The molecule has 0 rings (SSSR count). The molecule has 0 amide bonds. The van der Waals surface area contributed by atoms with E-state index >= 15 is 0 Å². The highest BCUT2D eigenvalue weighted by atomic mass is 24.5. The van der Waals surface area contributed by atoms with Crippen molar-refractivity contribution in [3.8, 4) is 0 Å². The minimum atomic E-state index is -0.629. The maximum absolute atomic E-state index is 5.34. The molecule has 0 saturated heterocycles. The van der Waals surface area contributed by atoms with Gasteiger partial charge in [-0.3, -0.25) is 0 Å². The standard InChI is InChI=1S/2C4H9O.Mg/c2*1-2-3-4-5;/h2*2-4H2,1H3;/q2*-1;+2. The first-order valence-electron chi connectivity index (χ1n) is 4.57. The molecule has 0 aliphatic carbocycles. The second-order valence-corrected chi connectivity index (χ2v) is 3.69.